The van der Waals surface area contributed by atoms with Crippen LogP contribution in [0.2, 0.25) is 0 Å². The van der Waals surface area contributed by atoms with Crippen molar-refractivity contribution in [2.24, 2.45) is 0 Å². The molecule has 4 heterocycles. The van der Waals surface area contributed by atoms with E-state index in [1.54, 1.807) is 0 Å². The minimum absolute atomic E-state index is 0.162. The van der Waals surface area contributed by atoms with Crippen LogP contribution >= 0.6 is 0 Å². The highest BCUT2D eigenvalue weighted by molar-refractivity contribution is 5.69. The predicted octanol–water partition coefficient (Wildman–Crippen LogP) is 0.639. The van der Waals surface area contributed by atoms with Crippen LogP contribution in [0.3, 0.4) is 0 Å². The molecule has 0 radical (unpaired) electrons. The maximum Gasteiger partial charge on any atom is 0.303 e. The van der Waals surface area contributed by atoms with Gasteiger partial charge in [-0.05, 0) is 19.3 Å². The fraction of sp³-hybridized carbons (Fsp3) is 0.750. The van der Waals surface area contributed by atoms with E-state index in [1.165, 1.54) is 31.6 Å². The van der Waals surface area contributed by atoms with E-state index in [4.69, 9.17) is 47.4 Å². The molecule has 3 aliphatic heterocycles. The van der Waals surface area contributed by atoms with Crippen LogP contribution in [0.15, 0.2) is 6.20 Å². The van der Waals surface area contributed by atoms with Gasteiger partial charge in [-0.2, -0.15) is 0 Å². The van der Waals surface area contributed by atoms with Gasteiger partial charge in [0, 0.05) is 41.5 Å². The molecule has 0 aromatic carbocycles. The zero-order chi connectivity index (χ0) is 37.4. The Hall–Kier alpha value is -4.20. The lowest BCUT2D eigenvalue weighted by atomic mass is 9.91. The van der Waals surface area contributed by atoms with Crippen molar-refractivity contribution in [3.05, 3.63) is 11.9 Å². The van der Waals surface area contributed by atoms with Gasteiger partial charge in [0.1, 0.15) is 24.9 Å². The van der Waals surface area contributed by atoms with Crippen molar-refractivity contribution in [1.82, 2.24) is 15.0 Å². The topological polar surface area (TPSA) is 225 Å². The molecule has 0 aliphatic carbocycles. The Labute approximate surface area is 293 Å². The Balaban J connectivity index is 1.60. The molecule has 0 amide bonds. The summed E-state index contributed by atoms with van der Waals surface area (Å²) in [6.07, 6.45) is -8.05. The van der Waals surface area contributed by atoms with E-state index in [0.717, 1.165) is 27.2 Å². The average molecular weight is 728 g/mol. The van der Waals surface area contributed by atoms with Crippen LogP contribution < -0.4 is 0 Å². The molecule has 0 spiro atoms. The van der Waals surface area contributed by atoms with Crippen molar-refractivity contribution in [3.63, 3.8) is 0 Å². The largest absolute Gasteiger partial charge is 0.463 e. The predicted molar refractivity (Wildman–Crippen MR) is 165 cm³/mol. The van der Waals surface area contributed by atoms with E-state index in [1.807, 2.05) is 6.92 Å². The summed E-state index contributed by atoms with van der Waals surface area (Å²) in [6, 6.07) is 0. The summed E-state index contributed by atoms with van der Waals surface area (Å²) in [6.45, 7) is 8.75. The van der Waals surface area contributed by atoms with Gasteiger partial charge in [0.15, 0.2) is 43.0 Å². The third-order valence-electron chi connectivity index (χ3n) is 8.08. The van der Waals surface area contributed by atoms with Gasteiger partial charge < -0.3 is 47.4 Å². The SMILES string of the molecule is CCC[C@H]1OC[C@@H]2O[C@@H](CCc3cn([C@@H]4O[C@H](COC(C)=O)[C@@H](OC(C)=O)[C@H](OC(C)=O)[C@H]4OC(C)=O)nn3)[C@@H](OC(C)=O)[C@H](OC(C)=O)[C@H]2O1. The third-order valence-corrected chi connectivity index (χ3v) is 8.08. The number of hydrogen-bond acceptors (Lipinski definition) is 18. The maximum absolute atomic E-state index is 12.2. The minimum atomic E-state index is -1.40. The molecule has 3 aliphatic rings. The number of nitrogens with zero attached hydrogens (tertiary/aromatic N) is 3. The molecule has 3 saturated heterocycles. The zero-order valence-electron chi connectivity index (χ0n) is 29.5. The number of esters is 6. The van der Waals surface area contributed by atoms with Crippen molar-refractivity contribution >= 4 is 35.8 Å². The molecule has 0 bridgehead atoms. The van der Waals surface area contributed by atoms with E-state index >= 15 is 0 Å². The van der Waals surface area contributed by atoms with E-state index in [9.17, 15) is 28.8 Å². The average Bonchev–Trinajstić information content (AvgIpc) is 3.50. The van der Waals surface area contributed by atoms with Crippen LogP contribution in [-0.2, 0) is 82.6 Å². The van der Waals surface area contributed by atoms with E-state index in [2.05, 4.69) is 10.3 Å². The van der Waals surface area contributed by atoms with Gasteiger partial charge in [-0.15, -0.1) is 5.10 Å². The quantitative estimate of drug-likeness (QED) is 0.201. The molecule has 19 nitrogen and oxygen atoms in total. The smallest absolute Gasteiger partial charge is 0.303 e. The number of aryl methyl sites for hydroxylation is 1. The molecule has 0 saturated carbocycles. The zero-order valence-corrected chi connectivity index (χ0v) is 29.5. The van der Waals surface area contributed by atoms with Crippen LogP contribution in [0.25, 0.3) is 0 Å². The fourth-order valence-corrected chi connectivity index (χ4v) is 6.25. The number of carbonyl (C=O) groups is 6. The normalized spacial score (nSPS) is 31.7. The fourth-order valence-electron chi connectivity index (χ4n) is 6.25. The second-order valence-corrected chi connectivity index (χ2v) is 12.3. The summed E-state index contributed by atoms with van der Waals surface area (Å²) in [5.41, 5.74) is 0.387. The first-order valence-corrected chi connectivity index (χ1v) is 16.6. The summed E-state index contributed by atoms with van der Waals surface area (Å²) in [4.78, 5) is 72.5. The number of fused-ring (bicyclic) bond motifs is 1. The van der Waals surface area contributed by atoms with E-state index in [-0.39, 0.29) is 19.4 Å². The Bertz CT molecular complexity index is 1420. The van der Waals surface area contributed by atoms with Crippen LogP contribution in [0.4, 0.5) is 0 Å². The second-order valence-electron chi connectivity index (χ2n) is 12.3. The minimum Gasteiger partial charge on any atom is -0.463 e. The molecular formula is C32H45N3O16. The Morgan fingerprint density at radius 2 is 1.27 bits per heavy atom. The van der Waals surface area contributed by atoms with Gasteiger partial charge in [-0.1, -0.05) is 18.6 Å². The summed E-state index contributed by atoms with van der Waals surface area (Å²) in [5, 5.41) is 8.39. The lowest BCUT2D eigenvalue weighted by Crippen LogP contribution is -2.64. The van der Waals surface area contributed by atoms with Gasteiger partial charge in [0.25, 0.3) is 0 Å². The highest BCUT2D eigenvalue weighted by Crippen LogP contribution is 2.36. The summed E-state index contributed by atoms with van der Waals surface area (Å²) in [7, 11) is 0. The summed E-state index contributed by atoms with van der Waals surface area (Å²) < 4.78 is 58.5. The number of ether oxygens (including phenoxy) is 10. The maximum atomic E-state index is 12.2. The molecule has 0 N–H and O–H groups in total. The number of carbonyl (C=O) groups excluding carboxylic acids is 6. The molecule has 19 heteroatoms. The first-order chi connectivity index (χ1) is 24.2. The summed E-state index contributed by atoms with van der Waals surface area (Å²) >= 11 is 0. The van der Waals surface area contributed by atoms with Crippen molar-refractivity contribution in [2.75, 3.05) is 13.2 Å². The van der Waals surface area contributed by atoms with Crippen LogP contribution in [0, 0.1) is 0 Å². The lowest BCUT2D eigenvalue weighted by Gasteiger charge is -2.48. The van der Waals surface area contributed by atoms with Gasteiger partial charge in [0.05, 0.1) is 24.6 Å². The van der Waals surface area contributed by atoms with Crippen molar-refractivity contribution < 1.29 is 76.1 Å². The van der Waals surface area contributed by atoms with Crippen molar-refractivity contribution in [1.29, 1.82) is 0 Å². The third kappa shape index (κ3) is 10.7. The van der Waals surface area contributed by atoms with Gasteiger partial charge in [-0.3, -0.25) is 28.8 Å². The summed E-state index contributed by atoms with van der Waals surface area (Å²) in [5.74, 6) is -4.17. The molecular weight excluding hydrogens is 682 g/mol. The highest BCUT2D eigenvalue weighted by atomic mass is 16.7. The van der Waals surface area contributed by atoms with Crippen molar-refractivity contribution in [2.45, 2.75) is 142 Å². The number of aromatic nitrogens is 3. The Morgan fingerprint density at radius 1 is 0.706 bits per heavy atom. The van der Waals surface area contributed by atoms with Crippen molar-refractivity contribution in [3.8, 4) is 0 Å². The molecule has 11 atom stereocenters. The molecule has 0 unspecified atom stereocenters. The highest BCUT2D eigenvalue weighted by Gasteiger charge is 2.54. The lowest BCUT2D eigenvalue weighted by molar-refractivity contribution is -0.328. The first kappa shape index (κ1) is 39.6. The monoisotopic (exact) mass is 727 g/mol. The molecule has 1 aromatic heterocycles. The Morgan fingerprint density at radius 3 is 1.86 bits per heavy atom. The van der Waals surface area contributed by atoms with Gasteiger partial charge >= 0.3 is 35.8 Å². The van der Waals surface area contributed by atoms with Crippen LogP contribution in [0.1, 0.15) is 79.7 Å². The van der Waals surface area contributed by atoms with Crippen LogP contribution in [0.5, 0.6) is 0 Å². The van der Waals surface area contributed by atoms with Gasteiger partial charge in [0.2, 0.25) is 0 Å². The van der Waals surface area contributed by atoms with E-state index in [0.29, 0.717) is 12.1 Å². The molecule has 284 valence electrons. The van der Waals surface area contributed by atoms with Gasteiger partial charge in [-0.25, -0.2) is 4.68 Å². The molecule has 51 heavy (non-hydrogen) atoms. The standard InChI is InChI=1S/C32H45N3O16/c1-8-9-25-43-14-23-28(51-25)29(46-18(5)39)26(44-16(3)37)22(49-23)11-10-21-12-35(34-33-21)32-31(48-20(7)41)30(47-19(6)40)27(45-17(4)38)24(50-32)13-42-15(2)36/h12,22-32H,8-11,13-14H2,1-7H3/t22-,23-,24+,25-,26+,27+,28-,29-,30-,31+,32+/m0/s1. The number of rotatable bonds is 13. The second kappa shape index (κ2) is 17.8. The van der Waals surface area contributed by atoms with E-state index < -0.39 is 110 Å². The molecule has 4 rings (SSSR count). The first-order valence-electron chi connectivity index (χ1n) is 16.6. The molecule has 1 aromatic rings. The van der Waals surface area contributed by atoms with Crippen LogP contribution in [-0.4, -0.2) is 125 Å². The number of hydrogen-bond donors (Lipinski definition) is 0. The Kier molecular flexibility index (Phi) is 13.8. The molecule has 3 fully saturated rings.